The largest absolute Gasteiger partial charge is 0.0901 e. The van der Waals surface area contributed by atoms with E-state index in [1.165, 1.54) is 32.1 Å². The van der Waals surface area contributed by atoms with Gasteiger partial charge >= 0.3 is 0 Å². The van der Waals surface area contributed by atoms with Crippen molar-refractivity contribution in [1.29, 1.82) is 0 Å². The highest BCUT2D eigenvalue weighted by molar-refractivity contribution is 8.77. The van der Waals surface area contributed by atoms with E-state index in [0.29, 0.717) is 0 Å². The average Bonchev–Trinajstić information content (AvgIpc) is 2.47. The van der Waals surface area contributed by atoms with Crippen LogP contribution in [-0.2, 0) is 0 Å². The minimum Gasteiger partial charge on any atom is -0.0901 e. The number of rotatable bonds is 1. The van der Waals surface area contributed by atoms with Gasteiger partial charge in [0.05, 0.1) is 0 Å². The lowest BCUT2D eigenvalue weighted by Crippen LogP contribution is -2.24. The minimum absolute atomic E-state index is 0.991. The summed E-state index contributed by atoms with van der Waals surface area (Å²) >= 11 is 0. The molecule has 2 rings (SSSR count). The van der Waals surface area contributed by atoms with E-state index in [1.54, 1.807) is 0 Å². The molecule has 3 unspecified atom stereocenters. The predicted octanol–water partition coefficient (Wildman–Crippen LogP) is 3.72. The minimum atomic E-state index is 0.991. The Morgan fingerprint density at radius 1 is 1.18 bits per heavy atom. The van der Waals surface area contributed by atoms with E-state index in [2.05, 4.69) is 28.5 Å². The number of hydrogen-bond acceptors (Lipinski definition) is 2. The molecule has 2 fully saturated rings. The summed E-state index contributed by atoms with van der Waals surface area (Å²) in [5.74, 6) is 1.07. The quantitative estimate of drug-likeness (QED) is 0.575. The van der Waals surface area contributed by atoms with Crippen molar-refractivity contribution in [2.45, 2.75) is 49.5 Å². The fourth-order valence-electron chi connectivity index (χ4n) is 2.26. The zero-order chi connectivity index (χ0) is 7.68. The van der Waals surface area contributed by atoms with Crippen LogP contribution in [0.1, 0.15) is 39.0 Å². The van der Waals surface area contributed by atoms with E-state index >= 15 is 0 Å². The second kappa shape index (κ2) is 3.61. The van der Waals surface area contributed by atoms with Gasteiger partial charge in [-0.3, -0.25) is 0 Å². The Bertz CT molecular complexity index is 130. The zero-order valence-corrected chi connectivity index (χ0v) is 8.72. The van der Waals surface area contributed by atoms with Gasteiger partial charge < -0.3 is 0 Å². The fourth-order valence-corrected chi connectivity index (χ4v) is 6.39. The molecule has 0 aromatic carbocycles. The maximum absolute atomic E-state index is 2.34. The summed E-state index contributed by atoms with van der Waals surface area (Å²) < 4.78 is 0. The van der Waals surface area contributed by atoms with Crippen molar-refractivity contribution in [2.75, 3.05) is 0 Å². The van der Waals surface area contributed by atoms with E-state index in [1.807, 2.05) is 0 Å². The van der Waals surface area contributed by atoms with Crippen molar-refractivity contribution < 1.29 is 0 Å². The molecule has 1 aliphatic heterocycles. The van der Waals surface area contributed by atoms with Crippen LogP contribution in [0.3, 0.4) is 0 Å². The molecule has 2 aliphatic rings. The highest BCUT2D eigenvalue weighted by Gasteiger charge is 2.37. The maximum atomic E-state index is 2.34. The summed E-state index contributed by atoms with van der Waals surface area (Å²) in [6.45, 7) is 2.34. The van der Waals surface area contributed by atoms with Crippen molar-refractivity contribution in [3.05, 3.63) is 0 Å². The van der Waals surface area contributed by atoms with E-state index in [9.17, 15) is 0 Å². The van der Waals surface area contributed by atoms with Crippen LogP contribution in [-0.4, -0.2) is 10.5 Å². The second-order valence-electron chi connectivity index (χ2n) is 3.63. The van der Waals surface area contributed by atoms with E-state index in [-0.39, 0.29) is 0 Å². The Hall–Kier alpha value is 0.700. The Balaban J connectivity index is 1.98. The lowest BCUT2D eigenvalue weighted by molar-refractivity contribution is 0.363. The highest BCUT2D eigenvalue weighted by atomic mass is 33.1. The molecule has 0 spiro atoms. The SMILES string of the molecule is CCC1SSC2CCCCC12. The van der Waals surface area contributed by atoms with E-state index in [4.69, 9.17) is 0 Å². The van der Waals surface area contributed by atoms with Crippen molar-refractivity contribution in [2.24, 2.45) is 5.92 Å². The first-order valence-electron chi connectivity index (χ1n) is 4.74. The molecule has 0 amide bonds. The number of hydrogen-bond donors (Lipinski definition) is 0. The number of fused-ring (bicyclic) bond motifs is 1. The second-order valence-corrected chi connectivity index (χ2v) is 6.38. The molecule has 0 nitrogen and oxygen atoms in total. The van der Waals surface area contributed by atoms with Gasteiger partial charge in [-0.15, -0.1) is 0 Å². The molecule has 1 saturated carbocycles. The normalized spacial score (nSPS) is 43.9. The highest BCUT2D eigenvalue weighted by Crippen LogP contribution is 2.53. The third-order valence-corrected chi connectivity index (χ3v) is 6.63. The predicted molar refractivity (Wildman–Crippen MR) is 55.0 cm³/mol. The van der Waals surface area contributed by atoms with Gasteiger partial charge in [0.1, 0.15) is 0 Å². The van der Waals surface area contributed by atoms with Gasteiger partial charge in [0.2, 0.25) is 0 Å². The summed E-state index contributed by atoms with van der Waals surface area (Å²) in [6.07, 6.45) is 7.39. The van der Waals surface area contributed by atoms with Crippen LogP contribution in [0, 0.1) is 5.92 Å². The van der Waals surface area contributed by atoms with Gasteiger partial charge in [0, 0.05) is 10.5 Å². The lowest BCUT2D eigenvalue weighted by Gasteiger charge is -2.26. The average molecular weight is 188 g/mol. The summed E-state index contributed by atoms with van der Waals surface area (Å²) in [6, 6.07) is 0. The third-order valence-electron chi connectivity index (χ3n) is 2.94. The molecule has 3 atom stereocenters. The molecule has 0 N–H and O–H groups in total. The van der Waals surface area contributed by atoms with Crippen molar-refractivity contribution in [3.8, 4) is 0 Å². The van der Waals surface area contributed by atoms with Gasteiger partial charge in [-0.05, 0) is 25.2 Å². The molecule has 0 bridgehead atoms. The molecule has 2 heteroatoms. The molecule has 0 aromatic heterocycles. The van der Waals surface area contributed by atoms with Crippen molar-refractivity contribution in [1.82, 2.24) is 0 Å². The van der Waals surface area contributed by atoms with Crippen LogP contribution in [0.5, 0.6) is 0 Å². The van der Waals surface area contributed by atoms with Crippen molar-refractivity contribution in [3.63, 3.8) is 0 Å². The first-order valence-corrected chi connectivity index (χ1v) is 7.01. The topological polar surface area (TPSA) is 0 Å². The molecule has 1 aliphatic carbocycles. The summed E-state index contributed by atoms with van der Waals surface area (Å²) in [5, 5.41) is 2.02. The van der Waals surface area contributed by atoms with Crippen LogP contribution >= 0.6 is 21.6 Å². The van der Waals surface area contributed by atoms with Gasteiger partial charge in [-0.25, -0.2) is 0 Å². The van der Waals surface area contributed by atoms with E-state index < -0.39 is 0 Å². The summed E-state index contributed by atoms with van der Waals surface area (Å²) in [4.78, 5) is 0. The molecule has 11 heavy (non-hydrogen) atoms. The van der Waals surface area contributed by atoms with Crippen LogP contribution in [0.2, 0.25) is 0 Å². The van der Waals surface area contributed by atoms with Gasteiger partial charge in [0.15, 0.2) is 0 Å². The van der Waals surface area contributed by atoms with Gasteiger partial charge in [-0.2, -0.15) is 0 Å². The molecule has 1 heterocycles. The summed E-state index contributed by atoms with van der Waals surface area (Å²) in [5.41, 5.74) is 0. The Labute approximate surface area is 77.3 Å². The monoisotopic (exact) mass is 188 g/mol. The standard InChI is InChI=1S/C9H16S2/c1-2-8-7-5-3-4-6-9(7)11-10-8/h7-9H,2-6H2,1H3. The smallest absolute Gasteiger partial charge is 0.0190 e. The molecule has 0 radical (unpaired) electrons. The first-order chi connectivity index (χ1) is 5.42. The Morgan fingerprint density at radius 3 is 2.82 bits per heavy atom. The zero-order valence-electron chi connectivity index (χ0n) is 7.08. The fraction of sp³-hybridized carbons (Fsp3) is 1.00. The van der Waals surface area contributed by atoms with Gasteiger partial charge in [0.25, 0.3) is 0 Å². The van der Waals surface area contributed by atoms with Crippen LogP contribution in [0.15, 0.2) is 0 Å². The van der Waals surface area contributed by atoms with Crippen LogP contribution in [0.25, 0.3) is 0 Å². The molecule has 0 aromatic rings. The molecular weight excluding hydrogens is 172 g/mol. The Kier molecular flexibility index (Phi) is 2.73. The molecular formula is C9H16S2. The van der Waals surface area contributed by atoms with Gasteiger partial charge in [-0.1, -0.05) is 41.4 Å². The first kappa shape index (κ1) is 8.31. The summed E-state index contributed by atoms with van der Waals surface area (Å²) in [7, 11) is 4.34. The Morgan fingerprint density at radius 2 is 2.00 bits per heavy atom. The molecule has 64 valence electrons. The maximum Gasteiger partial charge on any atom is 0.0190 e. The van der Waals surface area contributed by atoms with Crippen LogP contribution in [0.4, 0.5) is 0 Å². The molecule has 1 saturated heterocycles. The van der Waals surface area contributed by atoms with Crippen LogP contribution < -0.4 is 0 Å². The third kappa shape index (κ3) is 1.57. The van der Waals surface area contributed by atoms with E-state index in [0.717, 1.165) is 16.4 Å². The van der Waals surface area contributed by atoms with Crippen molar-refractivity contribution >= 4 is 21.6 Å². The lowest BCUT2D eigenvalue weighted by atomic mass is 9.85.